The lowest BCUT2D eigenvalue weighted by molar-refractivity contribution is -0.134. The number of ether oxygens (including phenoxy) is 1. The van der Waals surface area contributed by atoms with Gasteiger partial charge in [-0.05, 0) is 30.5 Å². The number of nitrogens with one attached hydrogen (secondary N) is 1. The Kier molecular flexibility index (Phi) is 6.82. The Labute approximate surface area is 143 Å². The number of benzene rings is 1. The van der Waals surface area contributed by atoms with Crippen LogP contribution in [0, 0.1) is 0 Å². The van der Waals surface area contributed by atoms with Crippen LogP contribution in [-0.4, -0.2) is 35.5 Å². The smallest absolute Gasteiger partial charge is 0.311 e. The molecule has 0 bridgehead atoms. The molecule has 1 heterocycles. The van der Waals surface area contributed by atoms with Gasteiger partial charge in [-0.25, -0.2) is 0 Å². The molecule has 4 heteroatoms. The van der Waals surface area contributed by atoms with Crippen molar-refractivity contribution in [2.75, 3.05) is 19.6 Å². The van der Waals surface area contributed by atoms with Gasteiger partial charge < -0.3 is 9.72 Å². The number of carbonyl (C=O) groups is 1. The number of aromatic nitrogens is 1. The molecule has 0 aliphatic heterocycles. The highest BCUT2D eigenvalue weighted by molar-refractivity contribution is 5.85. The van der Waals surface area contributed by atoms with Crippen LogP contribution < -0.4 is 4.74 Å². The Morgan fingerprint density at radius 2 is 2.04 bits per heavy atom. The third-order valence-electron chi connectivity index (χ3n) is 3.90. The van der Waals surface area contributed by atoms with Crippen LogP contribution in [0.5, 0.6) is 5.75 Å². The summed E-state index contributed by atoms with van der Waals surface area (Å²) < 4.78 is 5.34. The maximum atomic E-state index is 11.6. The first-order chi connectivity index (χ1) is 11.7. The molecule has 0 unspecified atom stereocenters. The number of esters is 1. The molecule has 4 nitrogen and oxygen atoms in total. The Bertz CT molecular complexity index is 693. The lowest BCUT2D eigenvalue weighted by Gasteiger charge is -2.18. The quantitative estimate of drug-likeness (QED) is 0.406. The van der Waals surface area contributed by atoms with Crippen molar-refractivity contribution in [2.24, 2.45) is 0 Å². The van der Waals surface area contributed by atoms with Crippen molar-refractivity contribution >= 4 is 16.9 Å². The zero-order chi connectivity index (χ0) is 17.4. The Balaban J connectivity index is 2.06. The summed E-state index contributed by atoms with van der Waals surface area (Å²) in [7, 11) is 0. The number of rotatable bonds is 10. The number of carbonyl (C=O) groups excluding carboxylic acids is 1. The molecule has 1 N–H and O–H groups in total. The molecule has 0 radical (unpaired) electrons. The van der Waals surface area contributed by atoms with E-state index in [0.717, 1.165) is 38.0 Å². The van der Waals surface area contributed by atoms with Crippen molar-refractivity contribution in [3.8, 4) is 5.75 Å². The molecule has 0 aliphatic carbocycles. The van der Waals surface area contributed by atoms with Gasteiger partial charge in [-0.3, -0.25) is 9.69 Å². The first-order valence-corrected chi connectivity index (χ1v) is 8.42. The molecule has 0 atom stereocenters. The Morgan fingerprint density at radius 1 is 1.29 bits per heavy atom. The van der Waals surface area contributed by atoms with Crippen LogP contribution in [0.3, 0.4) is 0 Å². The summed E-state index contributed by atoms with van der Waals surface area (Å²) in [5.74, 6) is 0.405. The Hall–Kier alpha value is -2.33. The van der Waals surface area contributed by atoms with Gasteiger partial charge in [-0.1, -0.05) is 19.1 Å². The standard InChI is InChI=1S/C20H26N2O2/c1-4-7-20(23)24-17-8-9-18-16(15-21-19(18)14-17)10-13-22(11-5-2)12-6-3/h5-6,8-9,14-15,21H,2-4,7,10-13H2,1H3. The molecular weight excluding hydrogens is 300 g/mol. The number of aromatic amines is 1. The van der Waals surface area contributed by atoms with Crippen molar-refractivity contribution in [3.05, 3.63) is 55.3 Å². The summed E-state index contributed by atoms with van der Waals surface area (Å²) in [5.41, 5.74) is 2.25. The predicted octanol–water partition coefficient (Wildman–Crippen LogP) is 4.09. The predicted molar refractivity (Wildman–Crippen MR) is 99.4 cm³/mol. The van der Waals surface area contributed by atoms with E-state index < -0.39 is 0 Å². The number of hydrogen-bond donors (Lipinski definition) is 1. The molecule has 1 aromatic carbocycles. The highest BCUT2D eigenvalue weighted by atomic mass is 16.5. The second-order valence-electron chi connectivity index (χ2n) is 5.83. The molecule has 0 aliphatic rings. The molecule has 128 valence electrons. The van der Waals surface area contributed by atoms with Gasteiger partial charge in [-0.2, -0.15) is 0 Å². The molecule has 1 aromatic heterocycles. The van der Waals surface area contributed by atoms with E-state index in [4.69, 9.17) is 4.74 Å². The molecule has 2 rings (SSSR count). The molecular formula is C20H26N2O2. The molecule has 0 fully saturated rings. The second-order valence-corrected chi connectivity index (χ2v) is 5.83. The zero-order valence-electron chi connectivity index (χ0n) is 14.4. The first kappa shape index (κ1) is 18.0. The van der Waals surface area contributed by atoms with Gasteiger partial charge in [0.15, 0.2) is 0 Å². The minimum absolute atomic E-state index is 0.187. The van der Waals surface area contributed by atoms with Gasteiger partial charge in [0, 0.05) is 49.2 Å². The van der Waals surface area contributed by atoms with Crippen LogP contribution in [0.2, 0.25) is 0 Å². The average molecular weight is 326 g/mol. The van der Waals surface area contributed by atoms with Crippen molar-refractivity contribution in [1.82, 2.24) is 9.88 Å². The minimum atomic E-state index is -0.187. The van der Waals surface area contributed by atoms with E-state index in [1.807, 2.05) is 43.5 Å². The molecule has 0 saturated carbocycles. The summed E-state index contributed by atoms with van der Waals surface area (Å²) in [6, 6.07) is 5.76. The van der Waals surface area contributed by atoms with Crippen LogP contribution in [0.25, 0.3) is 10.9 Å². The van der Waals surface area contributed by atoms with E-state index in [1.54, 1.807) is 0 Å². The Morgan fingerprint density at radius 3 is 2.71 bits per heavy atom. The van der Waals surface area contributed by atoms with Crippen molar-refractivity contribution in [1.29, 1.82) is 0 Å². The number of H-pyrrole nitrogens is 1. The average Bonchev–Trinajstić information content (AvgIpc) is 2.95. The summed E-state index contributed by atoms with van der Waals surface area (Å²) >= 11 is 0. The van der Waals surface area contributed by atoms with Gasteiger partial charge in [0.25, 0.3) is 0 Å². The van der Waals surface area contributed by atoms with E-state index in [2.05, 4.69) is 23.0 Å². The minimum Gasteiger partial charge on any atom is -0.426 e. The maximum absolute atomic E-state index is 11.6. The fraction of sp³-hybridized carbons (Fsp3) is 0.350. The van der Waals surface area contributed by atoms with Crippen LogP contribution in [0.1, 0.15) is 25.3 Å². The highest BCUT2D eigenvalue weighted by Crippen LogP contribution is 2.24. The summed E-state index contributed by atoms with van der Waals surface area (Å²) in [6.07, 6.45) is 8.03. The van der Waals surface area contributed by atoms with Crippen molar-refractivity contribution in [3.63, 3.8) is 0 Å². The van der Waals surface area contributed by atoms with Crippen LogP contribution in [-0.2, 0) is 11.2 Å². The van der Waals surface area contributed by atoms with Crippen LogP contribution in [0.15, 0.2) is 49.7 Å². The molecule has 24 heavy (non-hydrogen) atoms. The van der Waals surface area contributed by atoms with E-state index >= 15 is 0 Å². The van der Waals surface area contributed by atoms with E-state index in [1.165, 1.54) is 10.9 Å². The normalized spacial score (nSPS) is 10.9. The summed E-state index contributed by atoms with van der Waals surface area (Å²) in [4.78, 5) is 17.2. The second kappa shape index (κ2) is 9.08. The fourth-order valence-corrected chi connectivity index (χ4v) is 2.72. The number of fused-ring (bicyclic) bond motifs is 1. The van der Waals surface area contributed by atoms with E-state index in [0.29, 0.717) is 12.2 Å². The third-order valence-corrected chi connectivity index (χ3v) is 3.90. The lowest BCUT2D eigenvalue weighted by atomic mass is 10.1. The number of nitrogens with zero attached hydrogens (tertiary/aromatic N) is 1. The largest absolute Gasteiger partial charge is 0.426 e. The van der Waals surface area contributed by atoms with Gasteiger partial charge in [0.2, 0.25) is 0 Å². The molecule has 0 saturated heterocycles. The van der Waals surface area contributed by atoms with Gasteiger partial charge in [-0.15, -0.1) is 13.2 Å². The zero-order valence-corrected chi connectivity index (χ0v) is 14.4. The first-order valence-electron chi connectivity index (χ1n) is 8.42. The monoisotopic (exact) mass is 326 g/mol. The van der Waals surface area contributed by atoms with Crippen molar-refractivity contribution < 1.29 is 9.53 Å². The van der Waals surface area contributed by atoms with Crippen LogP contribution >= 0.6 is 0 Å². The van der Waals surface area contributed by atoms with Gasteiger partial charge in [0.1, 0.15) is 5.75 Å². The van der Waals surface area contributed by atoms with Crippen molar-refractivity contribution in [2.45, 2.75) is 26.2 Å². The van der Waals surface area contributed by atoms with Gasteiger partial charge >= 0.3 is 5.97 Å². The van der Waals surface area contributed by atoms with Crippen LogP contribution in [0.4, 0.5) is 0 Å². The summed E-state index contributed by atoms with van der Waals surface area (Å²) in [6.45, 7) is 12.2. The van der Waals surface area contributed by atoms with E-state index in [9.17, 15) is 4.79 Å². The molecule has 0 spiro atoms. The summed E-state index contributed by atoms with van der Waals surface area (Å²) in [5, 5.41) is 1.17. The lowest BCUT2D eigenvalue weighted by Crippen LogP contribution is -2.26. The topological polar surface area (TPSA) is 45.3 Å². The maximum Gasteiger partial charge on any atom is 0.311 e. The SMILES string of the molecule is C=CCN(CC=C)CCc1c[nH]c2cc(OC(=O)CCC)ccc12. The molecule has 2 aromatic rings. The third kappa shape index (κ3) is 4.83. The van der Waals surface area contributed by atoms with E-state index in [-0.39, 0.29) is 5.97 Å². The molecule has 0 amide bonds. The fourth-order valence-electron chi connectivity index (χ4n) is 2.72. The number of hydrogen-bond acceptors (Lipinski definition) is 3. The van der Waals surface area contributed by atoms with Gasteiger partial charge in [0.05, 0.1) is 0 Å². The highest BCUT2D eigenvalue weighted by Gasteiger charge is 2.09.